The normalized spacial score (nSPS) is 13.4. The van der Waals surface area contributed by atoms with Crippen LogP contribution in [0, 0.1) is 5.92 Å². The lowest BCUT2D eigenvalue weighted by Crippen LogP contribution is -2.30. The van der Waals surface area contributed by atoms with Gasteiger partial charge >= 0.3 is 5.97 Å². The molecule has 26 heavy (non-hydrogen) atoms. The lowest BCUT2D eigenvalue weighted by atomic mass is 9.93. The van der Waals surface area contributed by atoms with Gasteiger partial charge in [-0.3, -0.25) is 9.59 Å². The van der Waals surface area contributed by atoms with Gasteiger partial charge in [-0.1, -0.05) is 78.1 Å². The highest BCUT2D eigenvalue weighted by Gasteiger charge is 2.27. The summed E-state index contributed by atoms with van der Waals surface area (Å²) in [6, 6.07) is 0. The highest BCUT2D eigenvalue weighted by molar-refractivity contribution is 5.98. The molecular weight excluding hydrogens is 332 g/mol. The van der Waals surface area contributed by atoms with Crippen molar-refractivity contribution in [2.24, 2.45) is 5.92 Å². The fraction of sp³-hybridized carbons (Fsp3) is 0.905. The van der Waals surface area contributed by atoms with Crippen LogP contribution < -0.4 is 0 Å². The van der Waals surface area contributed by atoms with E-state index in [0.29, 0.717) is 12.8 Å². The Hall–Kier alpha value is -0.940. The number of ketones is 1. The highest BCUT2D eigenvalue weighted by atomic mass is 16.5. The molecule has 0 aliphatic heterocycles. The van der Waals surface area contributed by atoms with Gasteiger partial charge in [0, 0.05) is 6.42 Å². The Morgan fingerprint density at radius 1 is 0.846 bits per heavy atom. The molecule has 0 bridgehead atoms. The molecule has 0 saturated heterocycles. The van der Waals surface area contributed by atoms with Crippen LogP contribution in [0.25, 0.3) is 0 Å². The van der Waals surface area contributed by atoms with Crippen LogP contribution in [-0.4, -0.2) is 41.3 Å². The quantitative estimate of drug-likeness (QED) is 0.214. The summed E-state index contributed by atoms with van der Waals surface area (Å²) in [5.41, 5.74) is 0. The Morgan fingerprint density at radius 2 is 1.38 bits per heavy atom. The van der Waals surface area contributed by atoms with Gasteiger partial charge < -0.3 is 14.9 Å². The summed E-state index contributed by atoms with van der Waals surface area (Å²) in [6.07, 6.45) is 11.8. The van der Waals surface area contributed by atoms with Crippen molar-refractivity contribution in [2.75, 3.05) is 13.2 Å². The minimum absolute atomic E-state index is 0.0430. The third-order valence-corrected chi connectivity index (χ3v) is 4.67. The molecule has 0 aromatic rings. The zero-order valence-electron chi connectivity index (χ0n) is 16.9. The Bertz CT molecular complexity index is 356. The van der Waals surface area contributed by atoms with Crippen molar-refractivity contribution in [2.45, 2.75) is 103 Å². The summed E-state index contributed by atoms with van der Waals surface area (Å²) in [7, 11) is 0. The van der Waals surface area contributed by atoms with E-state index in [0.717, 1.165) is 44.9 Å². The predicted molar refractivity (Wildman–Crippen MR) is 104 cm³/mol. The van der Waals surface area contributed by atoms with Crippen LogP contribution in [0.3, 0.4) is 0 Å². The van der Waals surface area contributed by atoms with E-state index in [-0.39, 0.29) is 12.4 Å². The smallest absolute Gasteiger partial charge is 0.316 e. The van der Waals surface area contributed by atoms with Crippen molar-refractivity contribution in [3.63, 3.8) is 0 Å². The SMILES string of the molecule is CCCCCCCCC(C(=O)CCCCCCC)C(=O)OCC(O)CO. The molecule has 5 heteroatoms. The molecular formula is C21H40O5. The molecule has 2 atom stereocenters. The van der Waals surface area contributed by atoms with E-state index < -0.39 is 24.6 Å². The van der Waals surface area contributed by atoms with Gasteiger partial charge in [0.05, 0.1) is 6.61 Å². The molecule has 0 aromatic heterocycles. The van der Waals surface area contributed by atoms with E-state index in [1.165, 1.54) is 25.7 Å². The molecule has 154 valence electrons. The lowest BCUT2D eigenvalue weighted by Gasteiger charge is -2.16. The molecule has 0 saturated carbocycles. The summed E-state index contributed by atoms with van der Waals surface area (Å²) in [4.78, 5) is 24.8. The van der Waals surface area contributed by atoms with Crippen molar-refractivity contribution in [1.82, 2.24) is 0 Å². The number of carbonyl (C=O) groups excluding carboxylic acids is 2. The standard InChI is InChI=1S/C21H40O5/c1-3-5-7-9-11-12-14-19(21(25)26-17-18(23)16-22)20(24)15-13-10-8-6-4-2/h18-19,22-23H,3-17H2,1-2H3. The number of unbranched alkanes of at least 4 members (excludes halogenated alkanes) is 9. The molecule has 0 spiro atoms. The number of rotatable bonds is 18. The Balaban J connectivity index is 4.36. The van der Waals surface area contributed by atoms with Crippen LogP contribution in [0.1, 0.15) is 97.3 Å². The van der Waals surface area contributed by atoms with Gasteiger partial charge in [-0.2, -0.15) is 0 Å². The van der Waals surface area contributed by atoms with Gasteiger partial charge in [-0.05, 0) is 12.8 Å². The number of Topliss-reactive ketones (excluding diaryl/α,β-unsaturated/α-hetero) is 1. The summed E-state index contributed by atoms with van der Waals surface area (Å²) >= 11 is 0. The van der Waals surface area contributed by atoms with Crippen molar-refractivity contribution < 1.29 is 24.5 Å². The molecule has 0 aliphatic carbocycles. The second-order valence-electron chi connectivity index (χ2n) is 7.21. The minimum Gasteiger partial charge on any atom is -0.462 e. The first kappa shape index (κ1) is 25.1. The molecule has 2 unspecified atom stereocenters. The molecule has 0 radical (unpaired) electrons. The number of hydrogen-bond donors (Lipinski definition) is 2. The molecule has 5 nitrogen and oxygen atoms in total. The fourth-order valence-corrected chi connectivity index (χ4v) is 2.95. The van der Waals surface area contributed by atoms with Gasteiger partial charge in [0.2, 0.25) is 0 Å². The Labute approximate surface area is 159 Å². The Morgan fingerprint density at radius 3 is 1.96 bits per heavy atom. The van der Waals surface area contributed by atoms with Crippen molar-refractivity contribution in [3.8, 4) is 0 Å². The third-order valence-electron chi connectivity index (χ3n) is 4.67. The first-order chi connectivity index (χ1) is 12.6. The van der Waals surface area contributed by atoms with Crippen LogP contribution >= 0.6 is 0 Å². The highest BCUT2D eigenvalue weighted by Crippen LogP contribution is 2.18. The molecule has 0 heterocycles. The molecule has 0 amide bonds. The number of esters is 1. The minimum atomic E-state index is -1.09. The molecule has 0 aromatic carbocycles. The summed E-state index contributed by atoms with van der Waals surface area (Å²) < 4.78 is 5.05. The van der Waals surface area contributed by atoms with Gasteiger partial charge in [-0.15, -0.1) is 0 Å². The number of aliphatic hydroxyl groups is 2. The number of hydrogen-bond acceptors (Lipinski definition) is 5. The number of carbonyl (C=O) groups is 2. The van der Waals surface area contributed by atoms with Crippen LogP contribution in [0.5, 0.6) is 0 Å². The maximum Gasteiger partial charge on any atom is 0.316 e. The van der Waals surface area contributed by atoms with E-state index in [4.69, 9.17) is 9.84 Å². The van der Waals surface area contributed by atoms with Gasteiger partial charge in [0.25, 0.3) is 0 Å². The first-order valence-electron chi connectivity index (χ1n) is 10.5. The third kappa shape index (κ3) is 13.3. The summed E-state index contributed by atoms with van der Waals surface area (Å²) in [5.74, 6) is -1.32. The monoisotopic (exact) mass is 372 g/mol. The molecule has 2 N–H and O–H groups in total. The van der Waals surface area contributed by atoms with Crippen molar-refractivity contribution in [1.29, 1.82) is 0 Å². The van der Waals surface area contributed by atoms with Crippen molar-refractivity contribution >= 4 is 11.8 Å². The van der Waals surface area contributed by atoms with E-state index in [2.05, 4.69) is 13.8 Å². The van der Waals surface area contributed by atoms with Crippen LogP contribution in [0.4, 0.5) is 0 Å². The number of ether oxygens (including phenoxy) is 1. The maximum absolute atomic E-state index is 12.5. The van der Waals surface area contributed by atoms with E-state index in [1.807, 2.05) is 0 Å². The van der Waals surface area contributed by atoms with Gasteiger partial charge in [0.15, 0.2) is 0 Å². The number of aliphatic hydroxyl groups excluding tert-OH is 2. The molecule has 0 fully saturated rings. The Kier molecular flexibility index (Phi) is 16.8. The zero-order valence-corrected chi connectivity index (χ0v) is 16.9. The average Bonchev–Trinajstić information content (AvgIpc) is 2.64. The van der Waals surface area contributed by atoms with Gasteiger partial charge in [0.1, 0.15) is 24.4 Å². The van der Waals surface area contributed by atoms with E-state index >= 15 is 0 Å². The van der Waals surface area contributed by atoms with E-state index in [9.17, 15) is 14.7 Å². The topological polar surface area (TPSA) is 83.8 Å². The molecule has 0 aliphatic rings. The van der Waals surface area contributed by atoms with Crippen LogP contribution in [0.15, 0.2) is 0 Å². The predicted octanol–water partition coefficient (Wildman–Crippen LogP) is 4.18. The lowest BCUT2D eigenvalue weighted by molar-refractivity contribution is -0.155. The van der Waals surface area contributed by atoms with Crippen LogP contribution in [0.2, 0.25) is 0 Å². The van der Waals surface area contributed by atoms with Crippen molar-refractivity contribution in [3.05, 3.63) is 0 Å². The largest absolute Gasteiger partial charge is 0.462 e. The molecule has 0 rings (SSSR count). The average molecular weight is 373 g/mol. The van der Waals surface area contributed by atoms with Gasteiger partial charge in [-0.25, -0.2) is 0 Å². The zero-order chi connectivity index (χ0) is 19.6. The second-order valence-corrected chi connectivity index (χ2v) is 7.21. The van der Waals surface area contributed by atoms with Crippen LogP contribution in [-0.2, 0) is 14.3 Å². The summed E-state index contributed by atoms with van der Waals surface area (Å²) in [6.45, 7) is 3.61. The fourth-order valence-electron chi connectivity index (χ4n) is 2.95. The summed E-state index contributed by atoms with van der Waals surface area (Å²) in [5, 5.41) is 18.2. The van der Waals surface area contributed by atoms with E-state index in [1.54, 1.807) is 0 Å². The first-order valence-corrected chi connectivity index (χ1v) is 10.5. The second kappa shape index (κ2) is 17.5. The maximum atomic E-state index is 12.5.